The fourth-order valence-corrected chi connectivity index (χ4v) is 3.23. The summed E-state index contributed by atoms with van der Waals surface area (Å²) in [7, 11) is 0. The minimum Gasteiger partial charge on any atom is -0.335 e. The number of aryl methyl sites for hydroxylation is 1. The molecule has 6 nitrogen and oxygen atoms in total. The van der Waals surface area contributed by atoms with Gasteiger partial charge in [0.1, 0.15) is 5.82 Å². The summed E-state index contributed by atoms with van der Waals surface area (Å²) in [4.78, 5) is 12.4. The molecule has 0 bridgehead atoms. The first kappa shape index (κ1) is 18.9. The van der Waals surface area contributed by atoms with Crippen LogP contribution in [0.2, 0.25) is 0 Å². The number of nitrogen functional groups attached to an aromatic ring is 1. The molecule has 27 heavy (non-hydrogen) atoms. The second kappa shape index (κ2) is 8.22. The van der Waals surface area contributed by atoms with Gasteiger partial charge in [-0.3, -0.25) is 4.79 Å². The average molecular weight is 385 g/mol. The van der Waals surface area contributed by atoms with Gasteiger partial charge in [0.05, 0.1) is 10.8 Å². The fourth-order valence-electron chi connectivity index (χ4n) is 2.46. The van der Waals surface area contributed by atoms with Gasteiger partial charge in [-0.1, -0.05) is 43.0 Å². The van der Waals surface area contributed by atoms with Crippen LogP contribution in [0.4, 0.5) is 10.1 Å². The van der Waals surface area contributed by atoms with Gasteiger partial charge >= 0.3 is 0 Å². The summed E-state index contributed by atoms with van der Waals surface area (Å²) < 4.78 is 15.1. The van der Waals surface area contributed by atoms with Crippen molar-refractivity contribution < 1.29 is 9.18 Å². The van der Waals surface area contributed by atoms with Crippen molar-refractivity contribution in [3.63, 3.8) is 0 Å². The van der Waals surface area contributed by atoms with E-state index in [1.807, 2.05) is 24.3 Å². The van der Waals surface area contributed by atoms with Crippen molar-refractivity contribution in [1.29, 1.82) is 0 Å². The van der Waals surface area contributed by atoms with Gasteiger partial charge in [0.15, 0.2) is 5.82 Å². The summed E-state index contributed by atoms with van der Waals surface area (Å²) in [5.41, 5.74) is 2.19. The molecule has 0 aliphatic rings. The van der Waals surface area contributed by atoms with Crippen molar-refractivity contribution in [2.24, 2.45) is 0 Å². The Morgan fingerprint density at radius 3 is 2.59 bits per heavy atom. The van der Waals surface area contributed by atoms with Gasteiger partial charge in [-0.05, 0) is 43.2 Å². The lowest BCUT2D eigenvalue weighted by Gasteiger charge is -2.12. The van der Waals surface area contributed by atoms with E-state index < -0.39 is 11.1 Å². The molecule has 2 aromatic carbocycles. The van der Waals surface area contributed by atoms with Crippen LogP contribution in [0, 0.1) is 5.82 Å². The van der Waals surface area contributed by atoms with Crippen LogP contribution >= 0.6 is 11.8 Å². The topological polar surface area (TPSA) is 85.8 Å². The highest BCUT2D eigenvalue weighted by Crippen LogP contribution is 2.26. The van der Waals surface area contributed by atoms with Crippen molar-refractivity contribution in [2.75, 3.05) is 11.2 Å². The zero-order valence-electron chi connectivity index (χ0n) is 15.0. The second-order valence-corrected chi connectivity index (χ2v) is 7.26. The quantitative estimate of drug-likeness (QED) is 0.501. The van der Waals surface area contributed by atoms with E-state index in [0.29, 0.717) is 5.16 Å². The first-order chi connectivity index (χ1) is 13.0. The Morgan fingerprint density at radius 2 is 1.93 bits per heavy atom. The predicted octanol–water partition coefficient (Wildman–Crippen LogP) is 3.48. The van der Waals surface area contributed by atoms with Crippen molar-refractivity contribution in [3.8, 4) is 11.4 Å². The van der Waals surface area contributed by atoms with E-state index in [1.165, 1.54) is 16.3 Å². The van der Waals surface area contributed by atoms with Crippen molar-refractivity contribution in [2.45, 2.75) is 30.7 Å². The Morgan fingerprint density at radius 1 is 1.22 bits per heavy atom. The number of aromatic nitrogens is 3. The minimum atomic E-state index is -0.462. The smallest absolute Gasteiger partial charge is 0.237 e. The molecule has 0 saturated heterocycles. The van der Waals surface area contributed by atoms with Crippen LogP contribution in [0.5, 0.6) is 0 Å². The molecule has 1 heterocycles. The lowest BCUT2D eigenvalue weighted by atomic mass is 10.1. The Kier molecular flexibility index (Phi) is 5.75. The number of benzene rings is 2. The highest BCUT2D eigenvalue weighted by atomic mass is 32.2. The van der Waals surface area contributed by atoms with Crippen LogP contribution < -0.4 is 11.2 Å². The number of thioether (sulfide) groups is 1. The minimum absolute atomic E-state index is 0.181. The molecule has 3 aromatic rings. The molecule has 0 spiro atoms. The third-order valence-electron chi connectivity index (χ3n) is 4.06. The summed E-state index contributed by atoms with van der Waals surface area (Å²) in [6.07, 6.45) is 0.941. The number of hydrogen-bond acceptors (Lipinski definition) is 5. The number of rotatable bonds is 6. The molecule has 0 radical (unpaired) electrons. The third-order valence-corrected chi connectivity index (χ3v) is 5.12. The number of halogens is 1. The second-order valence-electron chi connectivity index (χ2n) is 5.96. The molecule has 0 unspecified atom stereocenters. The first-order valence-electron chi connectivity index (χ1n) is 8.51. The number of nitrogens with one attached hydrogen (secondary N) is 1. The van der Waals surface area contributed by atoms with Crippen molar-refractivity contribution >= 4 is 23.4 Å². The summed E-state index contributed by atoms with van der Waals surface area (Å²) in [5, 5.41) is 10.7. The molecule has 1 aromatic heterocycles. The Hall–Kier alpha value is -2.87. The zero-order chi connectivity index (χ0) is 19.4. The first-order valence-corrected chi connectivity index (χ1v) is 9.39. The average Bonchev–Trinajstić information content (AvgIpc) is 3.03. The lowest BCUT2D eigenvalue weighted by Crippen LogP contribution is -2.23. The highest BCUT2D eigenvalue weighted by molar-refractivity contribution is 8.00. The molecular formula is C19H20FN5OS. The maximum atomic E-state index is 13.9. The number of nitrogens with two attached hydrogens (primary N) is 1. The van der Waals surface area contributed by atoms with Gasteiger partial charge in [-0.15, -0.1) is 10.2 Å². The van der Waals surface area contributed by atoms with E-state index in [-0.39, 0.29) is 17.3 Å². The summed E-state index contributed by atoms with van der Waals surface area (Å²) in [6, 6.07) is 13.9. The van der Waals surface area contributed by atoms with Gasteiger partial charge in [-0.2, -0.15) is 0 Å². The normalized spacial score (nSPS) is 12.0. The van der Waals surface area contributed by atoms with E-state index in [2.05, 4.69) is 22.4 Å². The van der Waals surface area contributed by atoms with Crippen LogP contribution in [0.3, 0.4) is 0 Å². The Bertz CT molecular complexity index is 942. The number of carbonyl (C=O) groups is 1. The molecule has 0 saturated carbocycles. The third kappa shape index (κ3) is 4.28. The Labute approximate surface area is 161 Å². The van der Waals surface area contributed by atoms with E-state index >= 15 is 0 Å². The number of nitrogens with zero attached hydrogens (tertiary/aromatic N) is 3. The van der Waals surface area contributed by atoms with Gasteiger partial charge in [0, 0.05) is 5.69 Å². The zero-order valence-corrected chi connectivity index (χ0v) is 15.8. The molecule has 8 heteroatoms. The van der Waals surface area contributed by atoms with E-state index in [9.17, 15) is 9.18 Å². The molecule has 3 N–H and O–H groups in total. The lowest BCUT2D eigenvalue weighted by molar-refractivity contribution is -0.115. The van der Waals surface area contributed by atoms with Gasteiger partial charge in [-0.25, -0.2) is 9.07 Å². The van der Waals surface area contributed by atoms with E-state index in [0.717, 1.165) is 23.9 Å². The standard InChI is InChI=1S/C19H20FN5OS/c1-3-13-8-10-14(11-9-13)22-18(26)12(2)27-19-24-23-17(25(19)21)15-6-4-5-7-16(15)20/h4-12H,3,21H2,1-2H3,(H,22,26)/t12-/m0/s1. The fraction of sp³-hybridized carbons (Fsp3) is 0.211. The maximum Gasteiger partial charge on any atom is 0.237 e. The monoisotopic (exact) mass is 385 g/mol. The largest absolute Gasteiger partial charge is 0.335 e. The maximum absolute atomic E-state index is 13.9. The van der Waals surface area contributed by atoms with Crippen molar-refractivity contribution in [3.05, 3.63) is 59.9 Å². The van der Waals surface area contributed by atoms with Crippen LogP contribution in [0.25, 0.3) is 11.4 Å². The van der Waals surface area contributed by atoms with Crippen LogP contribution in [0.15, 0.2) is 53.7 Å². The summed E-state index contributed by atoms with van der Waals surface area (Å²) in [6.45, 7) is 3.82. The molecule has 0 aliphatic heterocycles. The summed E-state index contributed by atoms with van der Waals surface area (Å²) in [5.74, 6) is 5.60. The van der Waals surface area contributed by atoms with Gasteiger partial charge in [0.2, 0.25) is 11.1 Å². The molecule has 1 atom stereocenters. The van der Waals surface area contributed by atoms with Gasteiger partial charge < -0.3 is 11.2 Å². The van der Waals surface area contributed by atoms with Crippen molar-refractivity contribution in [1.82, 2.24) is 14.9 Å². The molecule has 0 aliphatic carbocycles. The molecule has 3 rings (SSSR count). The predicted molar refractivity (Wildman–Crippen MR) is 105 cm³/mol. The van der Waals surface area contributed by atoms with E-state index in [1.54, 1.807) is 25.1 Å². The van der Waals surface area contributed by atoms with E-state index in [4.69, 9.17) is 5.84 Å². The summed E-state index contributed by atoms with van der Waals surface area (Å²) >= 11 is 1.16. The number of amides is 1. The number of hydrogen-bond donors (Lipinski definition) is 2. The Balaban J connectivity index is 1.69. The van der Waals surface area contributed by atoms with Crippen LogP contribution in [-0.2, 0) is 11.2 Å². The number of carbonyl (C=O) groups excluding carboxylic acids is 1. The van der Waals surface area contributed by atoms with Crippen LogP contribution in [-0.4, -0.2) is 26.0 Å². The number of anilines is 1. The highest BCUT2D eigenvalue weighted by Gasteiger charge is 2.21. The molecule has 140 valence electrons. The SMILES string of the molecule is CCc1ccc(NC(=O)[C@H](C)Sc2nnc(-c3ccccc3F)n2N)cc1. The van der Waals surface area contributed by atoms with Crippen LogP contribution in [0.1, 0.15) is 19.4 Å². The molecule has 1 amide bonds. The van der Waals surface area contributed by atoms with Gasteiger partial charge in [0.25, 0.3) is 0 Å². The molecular weight excluding hydrogens is 365 g/mol. The molecule has 0 fully saturated rings.